The summed E-state index contributed by atoms with van der Waals surface area (Å²) in [5.74, 6) is 0.982. The van der Waals surface area contributed by atoms with E-state index in [-0.39, 0.29) is 18.4 Å². The summed E-state index contributed by atoms with van der Waals surface area (Å²) in [6.07, 6.45) is 0.893. The van der Waals surface area contributed by atoms with E-state index in [0.717, 1.165) is 24.3 Å². The van der Waals surface area contributed by atoms with E-state index in [0.29, 0.717) is 19.8 Å². The molecule has 0 saturated carbocycles. The summed E-state index contributed by atoms with van der Waals surface area (Å²) in [5.41, 5.74) is 1.09. The van der Waals surface area contributed by atoms with Gasteiger partial charge in [-0.05, 0) is 25.1 Å². The van der Waals surface area contributed by atoms with Gasteiger partial charge in [0.2, 0.25) is 0 Å². The van der Waals surface area contributed by atoms with Crippen LogP contribution in [0.4, 0.5) is 0 Å². The molecule has 0 spiro atoms. The molecule has 0 bridgehead atoms. The van der Waals surface area contributed by atoms with E-state index in [9.17, 15) is 5.11 Å². The highest BCUT2D eigenvalue weighted by Gasteiger charge is 2.23. The van der Waals surface area contributed by atoms with Gasteiger partial charge in [-0.2, -0.15) is 0 Å². The second-order valence-electron chi connectivity index (χ2n) is 4.23. The van der Waals surface area contributed by atoms with Crippen molar-refractivity contribution in [2.75, 3.05) is 33.0 Å². The van der Waals surface area contributed by atoms with Gasteiger partial charge in [-0.25, -0.2) is 0 Å². The molecule has 3 N–H and O–H groups in total. The number of hydrogen-bond acceptors (Lipinski definition) is 5. The predicted octanol–water partition coefficient (Wildman–Crippen LogP) is 0.814. The average molecular weight is 253 g/mol. The van der Waals surface area contributed by atoms with Gasteiger partial charge in [-0.15, -0.1) is 0 Å². The Labute approximate surface area is 106 Å². The van der Waals surface area contributed by atoms with Crippen molar-refractivity contribution in [2.24, 2.45) is 0 Å². The zero-order valence-electron chi connectivity index (χ0n) is 10.3. The molecular formula is C13H19NO4. The van der Waals surface area contributed by atoms with Gasteiger partial charge in [0.1, 0.15) is 18.1 Å². The van der Waals surface area contributed by atoms with E-state index in [2.05, 4.69) is 5.32 Å². The standard InChI is InChI=1S/C13H19NO4/c15-5-7-17-6-1-4-14-12-9-18-13-8-10(16)2-3-11(12)13/h2-3,8,12,14-16H,1,4-7,9H2. The number of aromatic hydroxyl groups is 1. The Bertz CT molecular complexity index is 383. The second-order valence-corrected chi connectivity index (χ2v) is 4.23. The average Bonchev–Trinajstić information content (AvgIpc) is 2.76. The minimum absolute atomic E-state index is 0.0702. The maximum absolute atomic E-state index is 9.34. The molecule has 1 aliphatic heterocycles. The third-order valence-corrected chi connectivity index (χ3v) is 2.87. The first-order chi connectivity index (χ1) is 8.81. The molecule has 0 fully saturated rings. The fourth-order valence-electron chi connectivity index (χ4n) is 1.98. The SMILES string of the molecule is OCCOCCCNC1COc2cc(O)ccc21. The van der Waals surface area contributed by atoms with Crippen LogP contribution in [0.5, 0.6) is 11.5 Å². The summed E-state index contributed by atoms with van der Waals surface area (Å²) in [6, 6.07) is 5.38. The van der Waals surface area contributed by atoms with Crippen LogP contribution in [0.2, 0.25) is 0 Å². The quantitative estimate of drug-likeness (QED) is 0.627. The van der Waals surface area contributed by atoms with E-state index in [1.54, 1.807) is 12.1 Å². The van der Waals surface area contributed by atoms with E-state index < -0.39 is 0 Å². The summed E-state index contributed by atoms with van der Waals surface area (Å²) in [4.78, 5) is 0. The molecule has 5 heteroatoms. The fraction of sp³-hybridized carbons (Fsp3) is 0.538. The van der Waals surface area contributed by atoms with Crippen LogP contribution in [0.15, 0.2) is 18.2 Å². The number of phenolic OH excluding ortho intramolecular Hbond substituents is 1. The van der Waals surface area contributed by atoms with Crippen molar-refractivity contribution in [3.05, 3.63) is 23.8 Å². The summed E-state index contributed by atoms with van der Waals surface area (Å²) in [7, 11) is 0. The topological polar surface area (TPSA) is 71.0 Å². The normalized spacial score (nSPS) is 17.5. The number of aliphatic hydroxyl groups excluding tert-OH is 1. The smallest absolute Gasteiger partial charge is 0.127 e. The highest BCUT2D eigenvalue weighted by molar-refractivity contribution is 5.44. The summed E-state index contributed by atoms with van der Waals surface area (Å²) in [5, 5.41) is 21.3. The maximum atomic E-state index is 9.34. The fourth-order valence-corrected chi connectivity index (χ4v) is 1.98. The van der Waals surface area contributed by atoms with Gasteiger partial charge in [-0.3, -0.25) is 0 Å². The lowest BCUT2D eigenvalue weighted by Gasteiger charge is -2.11. The largest absolute Gasteiger partial charge is 0.508 e. The zero-order valence-corrected chi connectivity index (χ0v) is 10.3. The lowest BCUT2D eigenvalue weighted by Crippen LogP contribution is -2.24. The van der Waals surface area contributed by atoms with Crippen molar-refractivity contribution in [3.8, 4) is 11.5 Å². The minimum atomic E-state index is 0.0702. The first kappa shape index (κ1) is 13.1. The van der Waals surface area contributed by atoms with Crippen LogP contribution in [0.1, 0.15) is 18.0 Å². The Hall–Kier alpha value is -1.30. The van der Waals surface area contributed by atoms with E-state index in [1.807, 2.05) is 6.07 Å². The van der Waals surface area contributed by atoms with Crippen LogP contribution in [-0.2, 0) is 4.74 Å². The molecule has 1 aromatic carbocycles. The zero-order chi connectivity index (χ0) is 12.8. The van der Waals surface area contributed by atoms with Crippen molar-refractivity contribution in [3.63, 3.8) is 0 Å². The molecule has 18 heavy (non-hydrogen) atoms. The van der Waals surface area contributed by atoms with Gasteiger partial charge in [0.25, 0.3) is 0 Å². The Morgan fingerprint density at radius 2 is 2.28 bits per heavy atom. The van der Waals surface area contributed by atoms with Crippen molar-refractivity contribution in [2.45, 2.75) is 12.5 Å². The lowest BCUT2D eigenvalue weighted by molar-refractivity contribution is 0.0902. The summed E-state index contributed by atoms with van der Waals surface area (Å²) in [6.45, 7) is 2.54. The van der Waals surface area contributed by atoms with Crippen molar-refractivity contribution in [1.82, 2.24) is 5.32 Å². The Balaban J connectivity index is 1.73. The van der Waals surface area contributed by atoms with Gasteiger partial charge in [0.05, 0.1) is 19.3 Å². The van der Waals surface area contributed by atoms with Gasteiger partial charge in [0, 0.05) is 18.2 Å². The summed E-state index contributed by atoms with van der Waals surface area (Å²) < 4.78 is 10.7. The molecular weight excluding hydrogens is 234 g/mol. The Morgan fingerprint density at radius 3 is 3.11 bits per heavy atom. The third kappa shape index (κ3) is 3.35. The number of nitrogens with one attached hydrogen (secondary N) is 1. The Morgan fingerprint density at radius 1 is 1.39 bits per heavy atom. The number of fused-ring (bicyclic) bond motifs is 1. The number of phenols is 1. The number of hydrogen-bond donors (Lipinski definition) is 3. The van der Waals surface area contributed by atoms with E-state index in [4.69, 9.17) is 14.6 Å². The molecule has 0 aromatic heterocycles. The molecule has 100 valence electrons. The molecule has 2 rings (SSSR count). The number of benzene rings is 1. The maximum Gasteiger partial charge on any atom is 0.127 e. The molecule has 1 atom stereocenters. The molecule has 0 radical (unpaired) electrons. The predicted molar refractivity (Wildman–Crippen MR) is 66.9 cm³/mol. The van der Waals surface area contributed by atoms with Crippen molar-refractivity contribution < 1.29 is 19.7 Å². The first-order valence-electron chi connectivity index (χ1n) is 6.19. The van der Waals surface area contributed by atoms with Crippen LogP contribution in [-0.4, -0.2) is 43.2 Å². The molecule has 5 nitrogen and oxygen atoms in total. The van der Waals surface area contributed by atoms with Crippen LogP contribution in [0.25, 0.3) is 0 Å². The van der Waals surface area contributed by atoms with Crippen LogP contribution >= 0.6 is 0 Å². The summed E-state index contributed by atoms with van der Waals surface area (Å²) >= 11 is 0. The van der Waals surface area contributed by atoms with E-state index in [1.165, 1.54) is 0 Å². The second kappa shape index (κ2) is 6.58. The van der Waals surface area contributed by atoms with Gasteiger partial charge in [-0.1, -0.05) is 0 Å². The van der Waals surface area contributed by atoms with Crippen LogP contribution in [0, 0.1) is 0 Å². The Kier molecular flexibility index (Phi) is 4.81. The lowest BCUT2D eigenvalue weighted by atomic mass is 10.1. The van der Waals surface area contributed by atoms with Crippen LogP contribution in [0.3, 0.4) is 0 Å². The monoisotopic (exact) mass is 253 g/mol. The third-order valence-electron chi connectivity index (χ3n) is 2.87. The number of rotatable bonds is 7. The molecule has 0 aliphatic carbocycles. The van der Waals surface area contributed by atoms with Crippen LogP contribution < -0.4 is 10.1 Å². The van der Waals surface area contributed by atoms with Gasteiger partial charge in [0.15, 0.2) is 0 Å². The molecule has 1 heterocycles. The highest BCUT2D eigenvalue weighted by atomic mass is 16.5. The number of ether oxygens (including phenoxy) is 2. The van der Waals surface area contributed by atoms with Crippen molar-refractivity contribution in [1.29, 1.82) is 0 Å². The number of aliphatic hydroxyl groups is 1. The van der Waals surface area contributed by atoms with E-state index >= 15 is 0 Å². The molecule has 0 amide bonds. The minimum Gasteiger partial charge on any atom is -0.508 e. The molecule has 1 aliphatic rings. The molecule has 1 aromatic rings. The van der Waals surface area contributed by atoms with Crippen molar-refractivity contribution >= 4 is 0 Å². The van der Waals surface area contributed by atoms with Gasteiger partial charge >= 0.3 is 0 Å². The molecule has 0 saturated heterocycles. The van der Waals surface area contributed by atoms with Gasteiger partial charge < -0.3 is 25.0 Å². The highest BCUT2D eigenvalue weighted by Crippen LogP contribution is 2.34. The molecule has 1 unspecified atom stereocenters. The first-order valence-corrected chi connectivity index (χ1v) is 6.19.